The Bertz CT molecular complexity index is 3010. The molecule has 0 fully saturated rings. The highest BCUT2D eigenvalue weighted by molar-refractivity contribution is 6.09. The van der Waals surface area contributed by atoms with Crippen LogP contribution in [0.1, 0.15) is 51.3 Å². The zero-order valence-electron chi connectivity index (χ0n) is 34.8. The smallest absolute Gasteiger partial charge is 0.137 e. The van der Waals surface area contributed by atoms with Crippen LogP contribution >= 0.6 is 0 Å². The molecule has 0 spiro atoms. The molecule has 5 nitrogen and oxygen atoms in total. The van der Waals surface area contributed by atoms with Crippen molar-refractivity contribution in [2.75, 3.05) is 16.5 Å². The first-order chi connectivity index (χ1) is 29.1. The number of rotatable bonds is 8. The molecule has 294 valence electrons. The third-order valence-electron chi connectivity index (χ3n) is 12.2. The molecule has 0 saturated heterocycles. The van der Waals surface area contributed by atoms with E-state index in [4.69, 9.17) is 9.72 Å². The number of hydrogen-bond acceptors (Lipinski definition) is 4. The molecular weight excluding hydrogens is 733 g/mol. The van der Waals surface area contributed by atoms with Gasteiger partial charge in [-0.1, -0.05) is 138 Å². The first-order valence-electron chi connectivity index (χ1n) is 20.8. The summed E-state index contributed by atoms with van der Waals surface area (Å²) in [4.78, 5) is 9.77. The van der Waals surface area contributed by atoms with Gasteiger partial charge in [0, 0.05) is 45.9 Å². The summed E-state index contributed by atoms with van der Waals surface area (Å²) in [6.45, 7) is 12.1. The van der Waals surface area contributed by atoms with Crippen LogP contribution in [0.15, 0.2) is 188 Å². The first-order valence-corrected chi connectivity index (χ1v) is 20.8. The molecule has 2 aromatic heterocycles. The third-order valence-corrected chi connectivity index (χ3v) is 12.2. The van der Waals surface area contributed by atoms with Gasteiger partial charge in [0.25, 0.3) is 0 Å². The Kier molecular flexibility index (Phi) is 9.06. The van der Waals surface area contributed by atoms with Crippen molar-refractivity contribution in [3.8, 4) is 28.4 Å². The molecule has 1 aliphatic heterocycles. The largest absolute Gasteiger partial charge is 0.457 e. The molecule has 0 amide bonds. The van der Waals surface area contributed by atoms with Crippen LogP contribution in [0.25, 0.3) is 38.8 Å². The fourth-order valence-corrected chi connectivity index (χ4v) is 8.72. The van der Waals surface area contributed by atoms with Gasteiger partial charge in [-0.3, -0.25) is 4.57 Å². The maximum atomic E-state index is 6.75. The molecule has 7 aromatic carbocycles. The molecule has 0 saturated carbocycles. The number of hydrogen-bond donors (Lipinski definition) is 0. The number of benzene rings is 7. The number of ether oxygens (including phenoxy) is 1. The number of fused-ring (bicyclic) bond motifs is 4. The lowest BCUT2D eigenvalue weighted by molar-refractivity contribution is 0.483. The van der Waals surface area contributed by atoms with Crippen molar-refractivity contribution < 1.29 is 4.74 Å². The second-order valence-electron chi connectivity index (χ2n) is 17.4. The van der Waals surface area contributed by atoms with Gasteiger partial charge < -0.3 is 14.5 Å². The highest BCUT2D eigenvalue weighted by atomic mass is 16.5. The van der Waals surface area contributed by atoms with Gasteiger partial charge in [0.2, 0.25) is 0 Å². The Labute approximate surface area is 352 Å². The van der Waals surface area contributed by atoms with E-state index in [0.29, 0.717) is 6.67 Å². The number of pyridine rings is 1. The monoisotopic (exact) mass is 780 g/mol. The standard InChI is InChI=1S/C55H48N4O/c1-54(2,3)42-31-39(38-17-8-6-9-18-38)32-44(33-42)58-37-57(50-25-14-15-26-51(50)58)43-21-16-22-45(35-43)60-46-27-28-48-47-23-12-13-24-49(47)59(52(48)36-46)53-34-41(29-30-56-53)55(4,5)40-19-10-7-11-20-40/h6-36H,37H2,1-5H3. The summed E-state index contributed by atoms with van der Waals surface area (Å²) in [5.41, 5.74) is 12.7. The molecule has 0 bridgehead atoms. The van der Waals surface area contributed by atoms with Crippen molar-refractivity contribution in [2.45, 2.75) is 45.4 Å². The third kappa shape index (κ3) is 6.66. The summed E-state index contributed by atoms with van der Waals surface area (Å²) in [6, 6.07) is 64.9. The minimum Gasteiger partial charge on any atom is -0.457 e. The summed E-state index contributed by atoms with van der Waals surface area (Å²) in [7, 11) is 0. The van der Waals surface area contributed by atoms with Crippen LogP contribution in [0, 0.1) is 0 Å². The first kappa shape index (κ1) is 37.2. The second kappa shape index (κ2) is 14.6. The van der Waals surface area contributed by atoms with Gasteiger partial charge in [0.15, 0.2) is 0 Å². The van der Waals surface area contributed by atoms with E-state index in [2.05, 4.69) is 225 Å². The normalized spacial score (nSPS) is 12.9. The molecule has 60 heavy (non-hydrogen) atoms. The van der Waals surface area contributed by atoms with E-state index in [1.54, 1.807) is 0 Å². The van der Waals surface area contributed by atoms with Crippen molar-refractivity contribution in [1.29, 1.82) is 0 Å². The predicted molar refractivity (Wildman–Crippen MR) is 250 cm³/mol. The molecule has 0 N–H and O–H groups in total. The summed E-state index contributed by atoms with van der Waals surface area (Å²) in [5.74, 6) is 2.42. The van der Waals surface area contributed by atoms with Crippen LogP contribution < -0.4 is 14.5 Å². The van der Waals surface area contributed by atoms with Crippen molar-refractivity contribution in [1.82, 2.24) is 9.55 Å². The van der Waals surface area contributed by atoms with Gasteiger partial charge >= 0.3 is 0 Å². The van der Waals surface area contributed by atoms with Crippen LogP contribution in [0.4, 0.5) is 22.7 Å². The van der Waals surface area contributed by atoms with Crippen molar-refractivity contribution in [3.63, 3.8) is 0 Å². The van der Waals surface area contributed by atoms with E-state index in [1.807, 2.05) is 12.3 Å². The Morgan fingerprint density at radius 3 is 1.90 bits per heavy atom. The number of aromatic nitrogens is 2. The molecular formula is C55H48N4O. The van der Waals surface area contributed by atoms with Crippen LogP contribution in [0.5, 0.6) is 11.5 Å². The molecule has 0 atom stereocenters. The van der Waals surface area contributed by atoms with Crippen LogP contribution in [-0.2, 0) is 10.8 Å². The molecule has 0 unspecified atom stereocenters. The van der Waals surface area contributed by atoms with Crippen LogP contribution in [-0.4, -0.2) is 16.2 Å². The van der Waals surface area contributed by atoms with Crippen LogP contribution in [0.3, 0.4) is 0 Å². The Morgan fingerprint density at radius 2 is 1.13 bits per heavy atom. The van der Waals surface area contributed by atoms with E-state index in [1.165, 1.54) is 44.6 Å². The minimum absolute atomic E-state index is 0.0125. The van der Waals surface area contributed by atoms with Crippen LogP contribution in [0.2, 0.25) is 0 Å². The zero-order valence-corrected chi connectivity index (χ0v) is 34.8. The second-order valence-corrected chi connectivity index (χ2v) is 17.4. The SMILES string of the molecule is CC(C)(C)c1cc(-c2ccccc2)cc(N2CN(c3cccc(Oc4ccc5c6ccccc6n(-c6cc(C(C)(C)c7ccccc7)ccn6)c5c4)c3)c3ccccc32)c1. The molecule has 1 aliphatic rings. The molecule has 0 radical (unpaired) electrons. The maximum Gasteiger partial charge on any atom is 0.137 e. The number of para-hydroxylation sites is 3. The number of nitrogens with zero attached hydrogens (tertiary/aromatic N) is 4. The van der Waals surface area contributed by atoms with Gasteiger partial charge in [-0.2, -0.15) is 0 Å². The quantitative estimate of drug-likeness (QED) is 0.154. The summed E-state index contributed by atoms with van der Waals surface area (Å²) < 4.78 is 9.02. The van der Waals surface area contributed by atoms with E-state index in [9.17, 15) is 0 Å². The molecule has 5 heteroatoms. The predicted octanol–water partition coefficient (Wildman–Crippen LogP) is 14.5. The van der Waals surface area contributed by atoms with Gasteiger partial charge in [-0.15, -0.1) is 0 Å². The molecule has 3 heterocycles. The fourth-order valence-electron chi connectivity index (χ4n) is 8.72. The maximum absolute atomic E-state index is 6.75. The van der Waals surface area contributed by atoms with Crippen molar-refractivity contribution >= 4 is 44.6 Å². The lowest BCUT2D eigenvalue weighted by Gasteiger charge is -2.26. The molecule has 0 aliphatic carbocycles. The molecule has 10 rings (SSSR count). The summed E-state index contributed by atoms with van der Waals surface area (Å²) in [5, 5.41) is 2.33. The van der Waals surface area contributed by atoms with Gasteiger partial charge in [0.05, 0.1) is 22.4 Å². The average Bonchev–Trinajstić information content (AvgIpc) is 3.83. The van der Waals surface area contributed by atoms with Crippen molar-refractivity contribution in [2.24, 2.45) is 0 Å². The van der Waals surface area contributed by atoms with Gasteiger partial charge in [0.1, 0.15) is 24.0 Å². The topological polar surface area (TPSA) is 33.5 Å². The Morgan fingerprint density at radius 1 is 0.467 bits per heavy atom. The highest BCUT2D eigenvalue weighted by Gasteiger charge is 2.30. The van der Waals surface area contributed by atoms with Gasteiger partial charge in [-0.25, -0.2) is 4.98 Å². The zero-order chi connectivity index (χ0) is 41.0. The van der Waals surface area contributed by atoms with E-state index in [-0.39, 0.29) is 10.8 Å². The minimum atomic E-state index is -0.203. The average molecular weight is 781 g/mol. The number of anilines is 4. The van der Waals surface area contributed by atoms with E-state index < -0.39 is 0 Å². The van der Waals surface area contributed by atoms with E-state index in [0.717, 1.165) is 45.1 Å². The fraction of sp³-hybridized carbons (Fsp3) is 0.145. The van der Waals surface area contributed by atoms with Gasteiger partial charge in [-0.05, 0) is 100.0 Å². The Hall–Kier alpha value is -7.11. The summed E-state index contributed by atoms with van der Waals surface area (Å²) >= 11 is 0. The van der Waals surface area contributed by atoms with E-state index >= 15 is 0 Å². The lowest BCUT2D eigenvalue weighted by atomic mass is 9.78. The highest BCUT2D eigenvalue weighted by Crippen LogP contribution is 2.46. The lowest BCUT2D eigenvalue weighted by Crippen LogP contribution is -2.24. The Balaban J connectivity index is 0.996. The molecule has 9 aromatic rings. The van der Waals surface area contributed by atoms with Crippen molar-refractivity contribution in [3.05, 3.63) is 205 Å². The summed E-state index contributed by atoms with van der Waals surface area (Å²) in [6.07, 6.45) is 1.93.